The lowest BCUT2D eigenvalue weighted by Crippen LogP contribution is -2.04. The minimum atomic E-state index is 0.207. The average Bonchev–Trinajstić information content (AvgIpc) is 2.81. The fraction of sp³-hybridized carbons (Fsp3) is 0.312. The molecule has 94 valence electrons. The largest absolute Gasteiger partial charge is 0.294 e. The third kappa shape index (κ3) is 3.54. The predicted octanol–water partition coefficient (Wildman–Crippen LogP) is 4.37. The molecule has 0 saturated heterocycles. The summed E-state index contributed by atoms with van der Waals surface area (Å²) in [6.45, 7) is 4.39. The van der Waals surface area contributed by atoms with Crippen LogP contribution in [0.3, 0.4) is 0 Å². The standard InChI is InChI=1S/C16H18OS/c1-12(2)8-13-4-3-5-15(9-13)16(17)10-14-6-7-18-11-14/h3-7,9,11-12H,8,10H2,1-2H3. The highest BCUT2D eigenvalue weighted by Gasteiger charge is 2.08. The van der Waals surface area contributed by atoms with E-state index in [9.17, 15) is 4.79 Å². The number of hydrogen-bond acceptors (Lipinski definition) is 2. The molecule has 0 bridgehead atoms. The van der Waals surface area contributed by atoms with Crippen molar-refractivity contribution in [1.82, 2.24) is 0 Å². The van der Waals surface area contributed by atoms with Gasteiger partial charge in [-0.05, 0) is 46.4 Å². The van der Waals surface area contributed by atoms with E-state index in [-0.39, 0.29) is 5.78 Å². The predicted molar refractivity (Wildman–Crippen MR) is 77.3 cm³/mol. The first-order valence-corrected chi connectivity index (χ1v) is 7.22. The van der Waals surface area contributed by atoms with E-state index < -0.39 is 0 Å². The highest BCUT2D eigenvalue weighted by atomic mass is 32.1. The van der Waals surface area contributed by atoms with E-state index in [0.29, 0.717) is 12.3 Å². The number of thiophene rings is 1. The molecule has 0 saturated carbocycles. The zero-order valence-corrected chi connectivity index (χ0v) is 11.7. The van der Waals surface area contributed by atoms with Crippen molar-refractivity contribution in [2.75, 3.05) is 0 Å². The van der Waals surface area contributed by atoms with Gasteiger partial charge in [0.25, 0.3) is 0 Å². The van der Waals surface area contributed by atoms with Gasteiger partial charge in [0.1, 0.15) is 0 Å². The molecule has 1 nitrogen and oxygen atoms in total. The summed E-state index contributed by atoms with van der Waals surface area (Å²) in [6.07, 6.45) is 1.54. The Labute approximate surface area is 112 Å². The quantitative estimate of drug-likeness (QED) is 0.728. The first-order valence-electron chi connectivity index (χ1n) is 6.28. The summed E-state index contributed by atoms with van der Waals surface area (Å²) in [6, 6.07) is 10.0. The number of carbonyl (C=O) groups is 1. The van der Waals surface area contributed by atoms with Crippen LogP contribution >= 0.6 is 11.3 Å². The van der Waals surface area contributed by atoms with Crippen LogP contribution in [0.4, 0.5) is 0 Å². The van der Waals surface area contributed by atoms with E-state index in [1.165, 1.54) is 5.56 Å². The minimum absolute atomic E-state index is 0.207. The van der Waals surface area contributed by atoms with Gasteiger partial charge in [0, 0.05) is 12.0 Å². The lowest BCUT2D eigenvalue weighted by molar-refractivity contribution is 0.0993. The molecule has 1 heterocycles. The van der Waals surface area contributed by atoms with Crippen LogP contribution in [0.1, 0.15) is 35.3 Å². The number of rotatable bonds is 5. The summed E-state index contributed by atoms with van der Waals surface area (Å²) in [7, 11) is 0. The van der Waals surface area contributed by atoms with Gasteiger partial charge in [0.05, 0.1) is 0 Å². The Hall–Kier alpha value is -1.41. The Morgan fingerprint density at radius 2 is 2.06 bits per heavy atom. The summed E-state index contributed by atoms with van der Waals surface area (Å²) in [4.78, 5) is 12.2. The van der Waals surface area contributed by atoms with Crippen molar-refractivity contribution in [1.29, 1.82) is 0 Å². The fourth-order valence-electron chi connectivity index (χ4n) is 2.02. The van der Waals surface area contributed by atoms with E-state index >= 15 is 0 Å². The van der Waals surface area contributed by atoms with Crippen molar-refractivity contribution >= 4 is 17.1 Å². The van der Waals surface area contributed by atoms with Gasteiger partial charge in [-0.1, -0.05) is 32.0 Å². The Kier molecular flexibility index (Phi) is 4.32. The van der Waals surface area contributed by atoms with Crippen molar-refractivity contribution in [3.05, 3.63) is 57.8 Å². The molecule has 1 aromatic heterocycles. The van der Waals surface area contributed by atoms with Gasteiger partial charge in [-0.3, -0.25) is 4.79 Å². The van der Waals surface area contributed by atoms with Gasteiger partial charge in [-0.25, -0.2) is 0 Å². The van der Waals surface area contributed by atoms with Crippen molar-refractivity contribution in [3.63, 3.8) is 0 Å². The molecule has 2 aromatic rings. The maximum absolute atomic E-state index is 12.2. The topological polar surface area (TPSA) is 17.1 Å². The SMILES string of the molecule is CC(C)Cc1cccc(C(=O)Cc2ccsc2)c1. The molecule has 0 aliphatic carbocycles. The van der Waals surface area contributed by atoms with Gasteiger partial charge >= 0.3 is 0 Å². The fourth-order valence-corrected chi connectivity index (χ4v) is 2.69. The summed E-state index contributed by atoms with van der Waals surface area (Å²) >= 11 is 1.64. The lowest BCUT2D eigenvalue weighted by atomic mass is 9.98. The molecule has 0 fully saturated rings. The Bertz CT molecular complexity index is 512. The zero-order valence-electron chi connectivity index (χ0n) is 10.8. The van der Waals surface area contributed by atoms with E-state index in [0.717, 1.165) is 17.5 Å². The van der Waals surface area contributed by atoms with Gasteiger partial charge in [-0.2, -0.15) is 11.3 Å². The molecule has 18 heavy (non-hydrogen) atoms. The molecule has 0 N–H and O–H groups in total. The third-order valence-electron chi connectivity index (χ3n) is 2.84. The second-order valence-electron chi connectivity index (χ2n) is 5.03. The third-order valence-corrected chi connectivity index (χ3v) is 3.57. The second-order valence-corrected chi connectivity index (χ2v) is 5.81. The zero-order chi connectivity index (χ0) is 13.0. The maximum Gasteiger partial charge on any atom is 0.167 e. The number of benzene rings is 1. The maximum atomic E-state index is 12.2. The van der Waals surface area contributed by atoms with E-state index in [4.69, 9.17) is 0 Å². The number of carbonyl (C=O) groups excluding carboxylic acids is 1. The van der Waals surface area contributed by atoms with Gasteiger partial charge in [0.15, 0.2) is 5.78 Å². The summed E-state index contributed by atoms with van der Waals surface area (Å²) < 4.78 is 0. The number of Topliss-reactive ketones (excluding diaryl/α,β-unsaturated/α-hetero) is 1. The lowest BCUT2D eigenvalue weighted by Gasteiger charge is -2.06. The number of ketones is 1. The van der Waals surface area contributed by atoms with Crippen LogP contribution in [-0.4, -0.2) is 5.78 Å². The molecule has 1 aromatic carbocycles. The average molecular weight is 258 g/mol. The van der Waals surface area contributed by atoms with E-state index in [1.54, 1.807) is 11.3 Å². The second kappa shape index (κ2) is 5.96. The number of hydrogen-bond donors (Lipinski definition) is 0. The van der Waals surface area contributed by atoms with Crippen LogP contribution in [0.2, 0.25) is 0 Å². The van der Waals surface area contributed by atoms with Gasteiger partial charge in [0.2, 0.25) is 0 Å². The Morgan fingerprint density at radius 1 is 1.22 bits per heavy atom. The van der Waals surface area contributed by atoms with Crippen LogP contribution in [0.25, 0.3) is 0 Å². The molecule has 0 aliphatic rings. The van der Waals surface area contributed by atoms with Crippen molar-refractivity contribution in [2.45, 2.75) is 26.7 Å². The first-order chi connectivity index (χ1) is 8.65. The molecular formula is C16H18OS. The van der Waals surface area contributed by atoms with Crippen LogP contribution < -0.4 is 0 Å². The Morgan fingerprint density at radius 3 is 2.72 bits per heavy atom. The van der Waals surface area contributed by atoms with Gasteiger partial charge in [-0.15, -0.1) is 0 Å². The molecule has 0 amide bonds. The van der Waals surface area contributed by atoms with Crippen molar-refractivity contribution in [2.24, 2.45) is 5.92 Å². The first kappa shape index (κ1) is 13.0. The normalized spacial score (nSPS) is 10.8. The summed E-state index contributed by atoms with van der Waals surface area (Å²) in [5.74, 6) is 0.825. The van der Waals surface area contributed by atoms with E-state index in [1.807, 2.05) is 35.0 Å². The minimum Gasteiger partial charge on any atom is -0.294 e. The smallest absolute Gasteiger partial charge is 0.167 e. The molecule has 2 rings (SSSR count). The Balaban J connectivity index is 2.10. The highest BCUT2D eigenvalue weighted by molar-refractivity contribution is 7.08. The van der Waals surface area contributed by atoms with Crippen LogP contribution in [0, 0.1) is 5.92 Å². The summed E-state index contributed by atoms with van der Waals surface area (Å²) in [5, 5.41) is 4.05. The molecule has 0 aliphatic heterocycles. The van der Waals surface area contributed by atoms with Crippen molar-refractivity contribution < 1.29 is 4.79 Å². The molecule has 0 radical (unpaired) electrons. The molecule has 0 spiro atoms. The summed E-state index contributed by atoms with van der Waals surface area (Å²) in [5.41, 5.74) is 3.19. The molecule has 2 heteroatoms. The van der Waals surface area contributed by atoms with Gasteiger partial charge < -0.3 is 0 Å². The molecule has 0 unspecified atom stereocenters. The van der Waals surface area contributed by atoms with Crippen LogP contribution in [0.15, 0.2) is 41.1 Å². The molecule has 0 atom stereocenters. The molecular weight excluding hydrogens is 240 g/mol. The van der Waals surface area contributed by atoms with Crippen LogP contribution in [0.5, 0.6) is 0 Å². The van der Waals surface area contributed by atoms with E-state index in [2.05, 4.69) is 19.9 Å². The highest BCUT2D eigenvalue weighted by Crippen LogP contribution is 2.14. The monoisotopic (exact) mass is 258 g/mol. The van der Waals surface area contributed by atoms with Crippen LogP contribution in [-0.2, 0) is 12.8 Å². The van der Waals surface area contributed by atoms with Crippen molar-refractivity contribution in [3.8, 4) is 0 Å².